The van der Waals surface area contributed by atoms with Crippen molar-refractivity contribution in [3.8, 4) is 0 Å². The van der Waals surface area contributed by atoms with Crippen LogP contribution in [0.15, 0.2) is 0 Å². The molecule has 0 aromatic carbocycles. The first kappa shape index (κ1) is 9.22. The maximum atomic E-state index is 9.25. The fourth-order valence-electron chi connectivity index (χ4n) is 1.13. The standard InChI is InChI=1S/C6H12ClNO3/c7-1-3-5(10)6(11)4(9)2-8-3/h3-6,8-11H,1-2H2/t3-,4-,5-,6+/m0/s1. The molecule has 4 atom stereocenters. The van der Waals surface area contributed by atoms with Crippen LogP contribution in [0.4, 0.5) is 0 Å². The summed E-state index contributed by atoms with van der Waals surface area (Å²) in [6.07, 6.45) is -2.96. The molecule has 1 aliphatic heterocycles. The van der Waals surface area contributed by atoms with Crippen molar-refractivity contribution in [2.24, 2.45) is 0 Å². The molecule has 66 valence electrons. The molecule has 4 N–H and O–H groups in total. The summed E-state index contributed by atoms with van der Waals surface area (Å²) in [6.45, 7) is 0.273. The third kappa shape index (κ3) is 1.83. The van der Waals surface area contributed by atoms with Gasteiger partial charge in [-0.15, -0.1) is 11.6 Å². The summed E-state index contributed by atoms with van der Waals surface area (Å²) in [5.41, 5.74) is 0. The first-order chi connectivity index (χ1) is 5.16. The van der Waals surface area contributed by atoms with Gasteiger partial charge in [0.15, 0.2) is 0 Å². The summed E-state index contributed by atoms with van der Waals surface area (Å²) < 4.78 is 0. The van der Waals surface area contributed by atoms with Crippen LogP contribution in [0.25, 0.3) is 0 Å². The van der Waals surface area contributed by atoms with Gasteiger partial charge in [0.2, 0.25) is 0 Å². The minimum Gasteiger partial charge on any atom is -0.389 e. The second-order valence-electron chi connectivity index (χ2n) is 2.72. The lowest BCUT2D eigenvalue weighted by Crippen LogP contribution is -2.60. The molecule has 0 amide bonds. The highest BCUT2D eigenvalue weighted by atomic mass is 35.5. The van der Waals surface area contributed by atoms with Crippen molar-refractivity contribution in [1.82, 2.24) is 5.32 Å². The Kier molecular flexibility index (Phi) is 3.09. The van der Waals surface area contributed by atoms with Crippen LogP contribution in [0, 0.1) is 0 Å². The van der Waals surface area contributed by atoms with Gasteiger partial charge in [-0.3, -0.25) is 0 Å². The minimum absolute atomic E-state index is 0.227. The summed E-state index contributed by atoms with van der Waals surface area (Å²) in [5, 5.41) is 30.3. The molecule has 4 nitrogen and oxygen atoms in total. The minimum atomic E-state index is -1.08. The van der Waals surface area contributed by atoms with Crippen LogP contribution in [-0.4, -0.2) is 52.1 Å². The Balaban J connectivity index is 2.52. The van der Waals surface area contributed by atoms with Gasteiger partial charge >= 0.3 is 0 Å². The second kappa shape index (κ2) is 3.69. The summed E-state index contributed by atoms with van der Waals surface area (Å²) in [6, 6.07) is -0.324. The van der Waals surface area contributed by atoms with E-state index in [9.17, 15) is 5.11 Å². The van der Waals surface area contributed by atoms with Crippen LogP contribution < -0.4 is 5.32 Å². The highest BCUT2D eigenvalue weighted by Crippen LogP contribution is 2.11. The van der Waals surface area contributed by atoms with Gasteiger partial charge in [-0.05, 0) is 0 Å². The third-order valence-electron chi connectivity index (χ3n) is 1.91. The molecule has 0 bridgehead atoms. The molecule has 1 aliphatic rings. The van der Waals surface area contributed by atoms with E-state index in [0.29, 0.717) is 0 Å². The second-order valence-corrected chi connectivity index (χ2v) is 3.03. The first-order valence-corrected chi connectivity index (χ1v) is 4.04. The maximum absolute atomic E-state index is 9.25. The number of hydrogen-bond donors (Lipinski definition) is 4. The monoisotopic (exact) mass is 181 g/mol. The van der Waals surface area contributed by atoms with Gasteiger partial charge in [-0.2, -0.15) is 0 Å². The van der Waals surface area contributed by atoms with Gasteiger partial charge in [0, 0.05) is 18.5 Å². The van der Waals surface area contributed by atoms with E-state index in [4.69, 9.17) is 21.8 Å². The number of rotatable bonds is 1. The molecule has 5 heteroatoms. The SMILES string of the molecule is O[C@@H]1[C@H](O)[C@@H](O)CN[C@H]1CCl. The molecule has 0 radical (unpaired) electrons. The number of halogens is 1. The predicted octanol–water partition coefficient (Wildman–Crippen LogP) is -1.72. The average molecular weight is 182 g/mol. The van der Waals surface area contributed by atoms with Crippen molar-refractivity contribution in [3.05, 3.63) is 0 Å². The average Bonchev–Trinajstić information content (AvgIpc) is 2.01. The van der Waals surface area contributed by atoms with E-state index in [0.717, 1.165) is 0 Å². The zero-order chi connectivity index (χ0) is 8.43. The Morgan fingerprint density at radius 1 is 1.27 bits per heavy atom. The van der Waals surface area contributed by atoms with Gasteiger partial charge in [-0.1, -0.05) is 0 Å². The Morgan fingerprint density at radius 3 is 2.45 bits per heavy atom. The van der Waals surface area contributed by atoms with Gasteiger partial charge in [0.25, 0.3) is 0 Å². The molecule has 11 heavy (non-hydrogen) atoms. The van der Waals surface area contributed by atoms with Crippen LogP contribution >= 0.6 is 11.6 Å². The number of nitrogens with one attached hydrogen (secondary N) is 1. The molecular formula is C6H12ClNO3. The molecule has 0 saturated carbocycles. The Bertz CT molecular complexity index is 133. The van der Waals surface area contributed by atoms with Crippen LogP contribution in [-0.2, 0) is 0 Å². The van der Waals surface area contributed by atoms with Crippen LogP contribution in [0.3, 0.4) is 0 Å². The summed E-state index contributed by atoms with van der Waals surface area (Å²) in [7, 11) is 0. The van der Waals surface area contributed by atoms with E-state index in [1.165, 1.54) is 0 Å². The lowest BCUT2D eigenvalue weighted by Gasteiger charge is -2.34. The van der Waals surface area contributed by atoms with Gasteiger partial charge in [0.1, 0.15) is 6.10 Å². The maximum Gasteiger partial charge on any atom is 0.109 e. The van der Waals surface area contributed by atoms with Gasteiger partial charge in [0.05, 0.1) is 12.2 Å². The number of piperidine rings is 1. The third-order valence-corrected chi connectivity index (χ3v) is 2.24. The Labute approximate surface area is 69.8 Å². The molecule has 0 unspecified atom stereocenters. The van der Waals surface area contributed by atoms with Crippen LogP contribution in [0.5, 0.6) is 0 Å². The molecule has 0 spiro atoms. The van der Waals surface area contributed by atoms with E-state index in [-0.39, 0.29) is 18.5 Å². The van der Waals surface area contributed by atoms with Crippen molar-refractivity contribution in [2.45, 2.75) is 24.4 Å². The van der Waals surface area contributed by atoms with Crippen molar-refractivity contribution < 1.29 is 15.3 Å². The number of aliphatic hydroxyl groups is 3. The van der Waals surface area contributed by atoms with E-state index in [2.05, 4.69) is 5.32 Å². The lowest BCUT2D eigenvalue weighted by atomic mass is 9.97. The predicted molar refractivity (Wildman–Crippen MR) is 40.5 cm³/mol. The van der Waals surface area contributed by atoms with E-state index in [1.54, 1.807) is 0 Å². The number of β-amino-alcohol motifs (C(OH)–C–C–N with tert-alkyl or cyclic N) is 1. The zero-order valence-corrected chi connectivity index (χ0v) is 6.70. The van der Waals surface area contributed by atoms with E-state index in [1.807, 2.05) is 0 Å². The first-order valence-electron chi connectivity index (χ1n) is 3.50. The fourth-order valence-corrected chi connectivity index (χ4v) is 1.42. The quantitative estimate of drug-likeness (QED) is 0.363. The van der Waals surface area contributed by atoms with Gasteiger partial charge < -0.3 is 20.6 Å². The lowest BCUT2D eigenvalue weighted by molar-refractivity contribution is -0.0904. The van der Waals surface area contributed by atoms with Crippen molar-refractivity contribution >= 4 is 11.6 Å². The van der Waals surface area contributed by atoms with E-state index < -0.39 is 18.3 Å². The summed E-state index contributed by atoms with van der Waals surface area (Å²) >= 11 is 5.47. The van der Waals surface area contributed by atoms with Crippen molar-refractivity contribution in [2.75, 3.05) is 12.4 Å². The molecule has 1 fully saturated rings. The fraction of sp³-hybridized carbons (Fsp3) is 1.00. The Morgan fingerprint density at radius 2 is 1.91 bits per heavy atom. The molecule has 1 heterocycles. The highest BCUT2D eigenvalue weighted by molar-refractivity contribution is 6.18. The zero-order valence-electron chi connectivity index (χ0n) is 5.94. The largest absolute Gasteiger partial charge is 0.389 e. The topological polar surface area (TPSA) is 72.7 Å². The smallest absolute Gasteiger partial charge is 0.109 e. The van der Waals surface area contributed by atoms with Crippen molar-refractivity contribution in [3.63, 3.8) is 0 Å². The molecule has 1 saturated heterocycles. The number of aliphatic hydroxyl groups excluding tert-OH is 3. The van der Waals surface area contributed by atoms with Crippen LogP contribution in [0.1, 0.15) is 0 Å². The number of alkyl halides is 1. The normalized spacial score (nSPS) is 45.8. The number of hydrogen-bond acceptors (Lipinski definition) is 4. The summed E-state index contributed by atoms with van der Waals surface area (Å²) in [5.74, 6) is 0.227. The highest BCUT2D eigenvalue weighted by Gasteiger charge is 2.35. The molecule has 0 aliphatic carbocycles. The van der Waals surface area contributed by atoms with Crippen molar-refractivity contribution in [1.29, 1.82) is 0 Å². The van der Waals surface area contributed by atoms with E-state index >= 15 is 0 Å². The molecule has 0 aromatic heterocycles. The van der Waals surface area contributed by atoms with Crippen LogP contribution in [0.2, 0.25) is 0 Å². The molecule has 1 rings (SSSR count). The summed E-state index contributed by atoms with van der Waals surface area (Å²) in [4.78, 5) is 0. The molecular weight excluding hydrogens is 170 g/mol. The molecule has 0 aromatic rings. The Hall–Kier alpha value is 0.130. The van der Waals surface area contributed by atoms with Gasteiger partial charge in [-0.25, -0.2) is 0 Å².